The van der Waals surface area contributed by atoms with E-state index in [1.54, 1.807) is 0 Å². The Bertz CT molecular complexity index is 837. The lowest BCUT2D eigenvalue weighted by Gasteiger charge is -2.12. The number of benzene rings is 1. The molecule has 0 radical (unpaired) electrons. The maximum atomic E-state index is 12.5. The first-order chi connectivity index (χ1) is 10.9. The lowest BCUT2D eigenvalue weighted by atomic mass is 10.1. The van der Waals surface area contributed by atoms with Crippen molar-refractivity contribution in [1.29, 1.82) is 0 Å². The second-order valence-electron chi connectivity index (χ2n) is 6.53. The molecule has 0 spiro atoms. The van der Waals surface area contributed by atoms with Crippen molar-refractivity contribution in [3.05, 3.63) is 36.0 Å². The average molecular weight is 334 g/mol. The minimum Gasteiger partial charge on any atom is -0.352 e. The largest absolute Gasteiger partial charge is 0.352 e. The van der Waals surface area contributed by atoms with Gasteiger partial charge in [0.05, 0.1) is 11.5 Å². The fourth-order valence-corrected chi connectivity index (χ4v) is 5.06. The van der Waals surface area contributed by atoms with E-state index in [1.165, 1.54) is 0 Å². The predicted octanol–water partition coefficient (Wildman–Crippen LogP) is 2.39. The zero-order valence-electron chi connectivity index (χ0n) is 13.5. The highest BCUT2D eigenvalue weighted by molar-refractivity contribution is 7.91. The van der Waals surface area contributed by atoms with Crippen molar-refractivity contribution in [3.63, 3.8) is 0 Å². The molecule has 0 bridgehead atoms. The van der Waals surface area contributed by atoms with Gasteiger partial charge in [-0.3, -0.25) is 4.79 Å². The minimum atomic E-state index is -2.90. The number of amides is 1. The maximum absolute atomic E-state index is 12.5. The number of carbonyl (C=O) groups is 1. The average Bonchev–Trinajstić information content (AvgIpc) is 3.07. The Morgan fingerprint density at radius 2 is 2.13 bits per heavy atom. The molecule has 1 fully saturated rings. The topological polar surface area (TPSA) is 68.2 Å². The fraction of sp³-hybridized carbons (Fsp3) is 0.471. The standard InChI is InChI=1S/C17H22N2O3S/c1-12(2)19-8-6-14-15(4-3-5-16(14)19)17(20)18-10-13-7-9-23(21,22)11-13/h3-6,8,12-13H,7,9-11H2,1-2H3,(H,18,20). The molecule has 23 heavy (non-hydrogen) atoms. The maximum Gasteiger partial charge on any atom is 0.251 e. The summed E-state index contributed by atoms with van der Waals surface area (Å²) < 4.78 is 25.1. The Labute approximate surface area is 136 Å². The van der Waals surface area contributed by atoms with Gasteiger partial charge in [-0.05, 0) is 44.4 Å². The zero-order chi connectivity index (χ0) is 16.6. The minimum absolute atomic E-state index is 0.0309. The number of fused-ring (bicyclic) bond motifs is 1. The first-order valence-corrected chi connectivity index (χ1v) is 9.78. The third kappa shape index (κ3) is 3.27. The Hall–Kier alpha value is -1.82. The van der Waals surface area contributed by atoms with Gasteiger partial charge in [-0.15, -0.1) is 0 Å². The quantitative estimate of drug-likeness (QED) is 0.933. The van der Waals surface area contributed by atoms with E-state index in [9.17, 15) is 13.2 Å². The summed E-state index contributed by atoms with van der Waals surface area (Å²) in [6.45, 7) is 4.62. The number of aromatic nitrogens is 1. The molecule has 124 valence electrons. The van der Waals surface area contributed by atoms with Crippen molar-refractivity contribution in [1.82, 2.24) is 9.88 Å². The number of hydrogen-bond acceptors (Lipinski definition) is 3. The van der Waals surface area contributed by atoms with Crippen LogP contribution in [0.3, 0.4) is 0 Å². The van der Waals surface area contributed by atoms with Crippen LogP contribution in [0.15, 0.2) is 30.5 Å². The first kappa shape index (κ1) is 16.1. The van der Waals surface area contributed by atoms with Crippen molar-refractivity contribution < 1.29 is 13.2 Å². The van der Waals surface area contributed by atoms with Gasteiger partial charge in [-0.25, -0.2) is 8.42 Å². The van der Waals surface area contributed by atoms with E-state index in [0.29, 0.717) is 24.6 Å². The molecule has 1 aliphatic heterocycles. The smallest absolute Gasteiger partial charge is 0.251 e. The first-order valence-electron chi connectivity index (χ1n) is 7.95. The third-order valence-electron chi connectivity index (χ3n) is 4.44. The van der Waals surface area contributed by atoms with Crippen molar-refractivity contribution in [2.75, 3.05) is 18.1 Å². The van der Waals surface area contributed by atoms with E-state index >= 15 is 0 Å². The SMILES string of the molecule is CC(C)n1ccc2c(C(=O)NCC3CCS(=O)(=O)C3)cccc21. The summed E-state index contributed by atoms with van der Waals surface area (Å²) in [5.74, 6) is 0.312. The molecule has 1 saturated heterocycles. The highest BCUT2D eigenvalue weighted by Gasteiger charge is 2.28. The molecule has 1 amide bonds. The van der Waals surface area contributed by atoms with Crippen LogP contribution in [0, 0.1) is 5.92 Å². The summed E-state index contributed by atoms with van der Waals surface area (Å²) in [5.41, 5.74) is 1.68. The normalized spacial score (nSPS) is 20.2. The van der Waals surface area contributed by atoms with Crippen LogP contribution < -0.4 is 5.32 Å². The lowest BCUT2D eigenvalue weighted by Crippen LogP contribution is -2.29. The van der Waals surface area contributed by atoms with Crippen LogP contribution in [0.1, 0.15) is 36.7 Å². The zero-order valence-corrected chi connectivity index (χ0v) is 14.3. The highest BCUT2D eigenvalue weighted by atomic mass is 32.2. The van der Waals surface area contributed by atoms with E-state index in [2.05, 4.69) is 23.7 Å². The van der Waals surface area contributed by atoms with Crippen molar-refractivity contribution in [3.8, 4) is 0 Å². The van der Waals surface area contributed by atoms with Crippen molar-refractivity contribution >= 4 is 26.6 Å². The molecule has 0 aliphatic carbocycles. The third-order valence-corrected chi connectivity index (χ3v) is 6.28. The molecular formula is C17H22N2O3S. The van der Waals surface area contributed by atoms with E-state index in [1.807, 2.05) is 30.5 Å². The molecule has 1 aromatic carbocycles. The molecule has 1 atom stereocenters. The second kappa shape index (κ2) is 6.00. The Morgan fingerprint density at radius 1 is 1.35 bits per heavy atom. The molecule has 1 aliphatic rings. The van der Waals surface area contributed by atoms with Gasteiger partial charge in [0.1, 0.15) is 0 Å². The molecule has 3 rings (SSSR count). The van der Waals surface area contributed by atoms with Gasteiger partial charge in [0, 0.05) is 35.2 Å². The van der Waals surface area contributed by atoms with Gasteiger partial charge in [0.25, 0.3) is 5.91 Å². The molecule has 2 heterocycles. The van der Waals surface area contributed by atoms with E-state index in [-0.39, 0.29) is 23.3 Å². The fourth-order valence-electron chi connectivity index (χ4n) is 3.20. The molecule has 1 unspecified atom stereocenters. The van der Waals surface area contributed by atoms with Gasteiger partial charge >= 0.3 is 0 Å². The molecule has 5 nitrogen and oxygen atoms in total. The number of carbonyl (C=O) groups excluding carboxylic acids is 1. The van der Waals surface area contributed by atoms with Crippen LogP contribution in [0.2, 0.25) is 0 Å². The molecular weight excluding hydrogens is 312 g/mol. The van der Waals surface area contributed by atoms with Crippen LogP contribution in [0.5, 0.6) is 0 Å². The Morgan fingerprint density at radius 3 is 2.78 bits per heavy atom. The summed E-state index contributed by atoms with van der Waals surface area (Å²) in [6.07, 6.45) is 2.63. The van der Waals surface area contributed by atoms with Gasteiger partial charge < -0.3 is 9.88 Å². The summed E-state index contributed by atoms with van der Waals surface area (Å²) >= 11 is 0. The number of hydrogen-bond donors (Lipinski definition) is 1. The van der Waals surface area contributed by atoms with Crippen LogP contribution in [0.4, 0.5) is 0 Å². The number of nitrogens with one attached hydrogen (secondary N) is 1. The van der Waals surface area contributed by atoms with Crippen molar-refractivity contribution in [2.45, 2.75) is 26.3 Å². The molecule has 2 aromatic rings. The van der Waals surface area contributed by atoms with Crippen LogP contribution >= 0.6 is 0 Å². The molecule has 1 N–H and O–H groups in total. The number of nitrogens with zero attached hydrogens (tertiary/aromatic N) is 1. The van der Waals surface area contributed by atoms with Crippen molar-refractivity contribution in [2.24, 2.45) is 5.92 Å². The summed E-state index contributed by atoms with van der Waals surface area (Å²) in [6, 6.07) is 8.00. The summed E-state index contributed by atoms with van der Waals surface area (Å²) in [7, 11) is -2.90. The van der Waals surface area contributed by atoms with Crippen LogP contribution in [-0.2, 0) is 9.84 Å². The van der Waals surface area contributed by atoms with E-state index in [4.69, 9.17) is 0 Å². The van der Waals surface area contributed by atoms with Gasteiger partial charge in [-0.1, -0.05) is 6.07 Å². The molecule has 0 saturated carbocycles. The second-order valence-corrected chi connectivity index (χ2v) is 8.76. The summed E-state index contributed by atoms with van der Waals surface area (Å²) in [4.78, 5) is 12.5. The highest BCUT2D eigenvalue weighted by Crippen LogP contribution is 2.24. The van der Waals surface area contributed by atoms with Crippen LogP contribution in [0.25, 0.3) is 10.9 Å². The lowest BCUT2D eigenvalue weighted by molar-refractivity contribution is 0.0950. The van der Waals surface area contributed by atoms with Gasteiger partial charge in [-0.2, -0.15) is 0 Å². The summed E-state index contributed by atoms with van der Waals surface area (Å²) in [5, 5.41) is 3.83. The predicted molar refractivity (Wildman–Crippen MR) is 91.4 cm³/mol. The Kier molecular flexibility index (Phi) is 4.19. The van der Waals surface area contributed by atoms with Gasteiger partial charge in [0.15, 0.2) is 9.84 Å². The van der Waals surface area contributed by atoms with Gasteiger partial charge in [0.2, 0.25) is 0 Å². The molecule has 6 heteroatoms. The van der Waals surface area contributed by atoms with E-state index < -0.39 is 9.84 Å². The van der Waals surface area contributed by atoms with E-state index in [0.717, 1.165) is 10.9 Å². The monoisotopic (exact) mass is 334 g/mol. The molecule has 1 aromatic heterocycles. The number of rotatable bonds is 4. The Balaban J connectivity index is 1.76. The number of sulfone groups is 1. The van der Waals surface area contributed by atoms with Crippen LogP contribution in [-0.4, -0.2) is 36.9 Å².